The molecule has 4 nitrogen and oxygen atoms in total. The monoisotopic (exact) mass is 160 g/mol. The third-order valence-electron chi connectivity index (χ3n) is 2.27. The summed E-state index contributed by atoms with van der Waals surface area (Å²) >= 11 is 0. The van der Waals surface area contributed by atoms with E-state index < -0.39 is 0 Å². The number of H-pyrrole nitrogens is 1. The highest BCUT2D eigenvalue weighted by molar-refractivity contribution is 6.06. The van der Waals surface area contributed by atoms with Gasteiger partial charge in [0, 0.05) is 12.5 Å². The Morgan fingerprint density at radius 2 is 2.50 bits per heavy atom. The van der Waals surface area contributed by atoms with Gasteiger partial charge in [-0.05, 0) is 6.08 Å². The molecule has 1 aliphatic carbocycles. The van der Waals surface area contributed by atoms with E-state index in [0.717, 1.165) is 23.6 Å². The summed E-state index contributed by atoms with van der Waals surface area (Å²) in [7, 11) is 0. The summed E-state index contributed by atoms with van der Waals surface area (Å²) in [6, 6.07) is 0. The van der Waals surface area contributed by atoms with Gasteiger partial charge in [-0.3, -0.25) is 0 Å². The van der Waals surface area contributed by atoms with Crippen molar-refractivity contribution in [1.29, 1.82) is 0 Å². The van der Waals surface area contributed by atoms with Gasteiger partial charge >= 0.3 is 0 Å². The largest absolute Gasteiger partial charge is 0.345 e. The van der Waals surface area contributed by atoms with Gasteiger partial charge in [0.1, 0.15) is 5.69 Å². The molecule has 0 bridgehead atoms. The molecule has 0 radical (unpaired) electrons. The van der Waals surface area contributed by atoms with Crippen molar-refractivity contribution in [2.75, 3.05) is 6.54 Å². The lowest BCUT2D eigenvalue weighted by Gasteiger charge is -2.09. The average molecular weight is 160 g/mol. The molecule has 0 amide bonds. The van der Waals surface area contributed by atoms with Crippen molar-refractivity contribution in [3.63, 3.8) is 0 Å². The Balaban J connectivity index is 2.23. The Bertz CT molecular complexity index is 374. The second-order valence-corrected chi connectivity index (χ2v) is 2.99. The van der Waals surface area contributed by atoms with Crippen molar-refractivity contribution in [2.45, 2.75) is 0 Å². The van der Waals surface area contributed by atoms with Gasteiger partial charge in [-0.2, -0.15) is 5.10 Å². The summed E-state index contributed by atoms with van der Waals surface area (Å²) in [5, 5.41) is 4.20. The lowest BCUT2D eigenvalue weighted by atomic mass is 9.95. The highest BCUT2D eigenvalue weighted by atomic mass is 15.3. The predicted molar refractivity (Wildman–Crippen MR) is 45.7 cm³/mol. The van der Waals surface area contributed by atoms with E-state index in [1.807, 2.05) is 0 Å². The number of nitrogens with one attached hydrogen (secondary N) is 2. The van der Waals surface area contributed by atoms with Gasteiger partial charge in [-0.15, -0.1) is 0 Å². The van der Waals surface area contributed by atoms with E-state index in [1.165, 1.54) is 0 Å². The summed E-state index contributed by atoms with van der Waals surface area (Å²) in [5.41, 5.74) is 6.10. The Morgan fingerprint density at radius 1 is 1.50 bits per heavy atom. The van der Waals surface area contributed by atoms with E-state index in [2.05, 4.69) is 32.6 Å². The van der Waals surface area contributed by atoms with E-state index in [4.69, 9.17) is 0 Å². The van der Waals surface area contributed by atoms with Crippen LogP contribution in [0.3, 0.4) is 0 Å². The van der Waals surface area contributed by atoms with E-state index in [0.29, 0.717) is 5.92 Å². The van der Waals surface area contributed by atoms with Gasteiger partial charge in [0.05, 0.1) is 17.7 Å². The number of imidazole rings is 1. The number of hydrogen-bond donors (Lipinski definition) is 2. The van der Waals surface area contributed by atoms with Crippen LogP contribution in [0.25, 0.3) is 6.08 Å². The number of aromatic nitrogens is 2. The Labute approximate surface area is 69.4 Å². The highest BCUT2D eigenvalue weighted by Crippen LogP contribution is 2.22. The van der Waals surface area contributed by atoms with Gasteiger partial charge in [-0.1, -0.05) is 6.08 Å². The number of fused-ring (bicyclic) bond motifs is 3. The molecule has 12 heavy (non-hydrogen) atoms. The molecule has 2 heterocycles. The molecule has 2 N–H and O–H groups in total. The SMILES string of the molecule is C1=CC2CNN=C2c2nc[nH]c21. The summed E-state index contributed by atoms with van der Waals surface area (Å²) in [6.45, 7) is 0.901. The van der Waals surface area contributed by atoms with Crippen LogP contribution in [0.5, 0.6) is 0 Å². The van der Waals surface area contributed by atoms with E-state index in [-0.39, 0.29) is 0 Å². The Kier molecular flexibility index (Phi) is 0.983. The fraction of sp³-hybridized carbons (Fsp3) is 0.250. The fourth-order valence-corrected chi connectivity index (χ4v) is 1.64. The summed E-state index contributed by atoms with van der Waals surface area (Å²) in [4.78, 5) is 7.29. The topological polar surface area (TPSA) is 53.1 Å². The molecule has 1 unspecified atom stereocenters. The van der Waals surface area contributed by atoms with Crippen LogP contribution in [0.2, 0.25) is 0 Å². The number of hydrazone groups is 1. The molecular formula is C8H8N4. The van der Waals surface area contributed by atoms with Crippen LogP contribution in [0, 0.1) is 5.92 Å². The standard InChI is InChI=1S/C8H8N4/c1-2-6-8(10-4-9-6)7-5(1)3-11-12-7/h1-2,4-5,11H,3H2,(H,9,10). The third-order valence-corrected chi connectivity index (χ3v) is 2.27. The molecule has 0 fully saturated rings. The molecule has 1 aromatic heterocycles. The van der Waals surface area contributed by atoms with E-state index in [9.17, 15) is 0 Å². The maximum absolute atomic E-state index is 4.22. The average Bonchev–Trinajstić information content (AvgIpc) is 2.71. The predicted octanol–water partition coefficient (Wildman–Crippen LogP) is 0.360. The normalized spacial score (nSPS) is 24.3. The zero-order chi connectivity index (χ0) is 7.97. The van der Waals surface area contributed by atoms with Gasteiger partial charge in [-0.25, -0.2) is 4.98 Å². The zero-order valence-corrected chi connectivity index (χ0v) is 6.41. The van der Waals surface area contributed by atoms with Crippen LogP contribution in [0.4, 0.5) is 0 Å². The molecule has 0 saturated heterocycles. The van der Waals surface area contributed by atoms with Gasteiger partial charge in [0.25, 0.3) is 0 Å². The van der Waals surface area contributed by atoms with Crippen molar-refractivity contribution < 1.29 is 0 Å². The zero-order valence-electron chi connectivity index (χ0n) is 6.41. The molecule has 0 aromatic carbocycles. The Hall–Kier alpha value is -1.58. The Morgan fingerprint density at radius 3 is 3.50 bits per heavy atom. The second-order valence-electron chi connectivity index (χ2n) is 2.99. The van der Waals surface area contributed by atoms with Crippen molar-refractivity contribution in [3.05, 3.63) is 23.8 Å². The summed E-state index contributed by atoms with van der Waals surface area (Å²) < 4.78 is 0. The first kappa shape index (κ1) is 5.99. The lowest BCUT2D eigenvalue weighted by Crippen LogP contribution is -2.17. The van der Waals surface area contributed by atoms with E-state index in [1.54, 1.807) is 6.33 Å². The summed E-state index contributed by atoms with van der Waals surface area (Å²) in [5.74, 6) is 0.417. The van der Waals surface area contributed by atoms with Gasteiger partial charge < -0.3 is 10.4 Å². The van der Waals surface area contributed by atoms with Crippen molar-refractivity contribution in [1.82, 2.24) is 15.4 Å². The van der Waals surface area contributed by atoms with Gasteiger partial charge in [0.2, 0.25) is 0 Å². The molecule has 0 spiro atoms. The first-order valence-electron chi connectivity index (χ1n) is 3.97. The van der Waals surface area contributed by atoms with Gasteiger partial charge in [0.15, 0.2) is 0 Å². The fourth-order valence-electron chi connectivity index (χ4n) is 1.64. The van der Waals surface area contributed by atoms with Crippen LogP contribution >= 0.6 is 0 Å². The molecule has 2 aliphatic rings. The first-order chi connectivity index (χ1) is 5.95. The molecule has 3 rings (SSSR count). The minimum atomic E-state index is 0.417. The molecule has 1 aromatic rings. The molecule has 60 valence electrons. The first-order valence-corrected chi connectivity index (χ1v) is 3.97. The van der Waals surface area contributed by atoms with Crippen molar-refractivity contribution >= 4 is 11.8 Å². The number of aromatic amines is 1. The molecule has 4 heteroatoms. The number of hydrogen-bond acceptors (Lipinski definition) is 3. The van der Waals surface area contributed by atoms with Crippen LogP contribution in [0.15, 0.2) is 17.5 Å². The minimum absolute atomic E-state index is 0.417. The van der Waals surface area contributed by atoms with Crippen LogP contribution < -0.4 is 5.43 Å². The van der Waals surface area contributed by atoms with E-state index >= 15 is 0 Å². The number of rotatable bonds is 0. The van der Waals surface area contributed by atoms with Crippen LogP contribution in [-0.4, -0.2) is 22.2 Å². The molecule has 0 saturated carbocycles. The smallest absolute Gasteiger partial charge is 0.112 e. The summed E-state index contributed by atoms with van der Waals surface area (Å²) in [6.07, 6.45) is 5.93. The lowest BCUT2D eigenvalue weighted by molar-refractivity contribution is 0.749. The van der Waals surface area contributed by atoms with Crippen LogP contribution in [0.1, 0.15) is 11.4 Å². The minimum Gasteiger partial charge on any atom is -0.345 e. The van der Waals surface area contributed by atoms with Crippen molar-refractivity contribution in [3.8, 4) is 0 Å². The molecule has 1 atom stereocenters. The maximum atomic E-state index is 4.22. The maximum Gasteiger partial charge on any atom is 0.112 e. The highest BCUT2D eigenvalue weighted by Gasteiger charge is 2.26. The number of nitrogens with zero attached hydrogens (tertiary/aromatic N) is 2. The second kappa shape index (κ2) is 1.97. The van der Waals surface area contributed by atoms with Crippen molar-refractivity contribution in [2.24, 2.45) is 11.0 Å². The molecule has 1 aliphatic heterocycles. The molecular weight excluding hydrogens is 152 g/mol. The quantitative estimate of drug-likeness (QED) is 0.575. The third kappa shape index (κ3) is 0.617. The van der Waals surface area contributed by atoms with Crippen LogP contribution in [-0.2, 0) is 0 Å².